The fourth-order valence-corrected chi connectivity index (χ4v) is 4.28. The molecule has 0 unspecified atom stereocenters. The smallest absolute Gasteiger partial charge is 0.145 e. The molecule has 2 aliphatic rings. The summed E-state index contributed by atoms with van der Waals surface area (Å²) in [5.74, 6) is 2.04. The van der Waals surface area contributed by atoms with Crippen LogP contribution in [0, 0.1) is 0 Å². The summed E-state index contributed by atoms with van der Waals surface area (Å²) < 4.78 is 13.6. The highest BCUT2D eigenvalue weighted by Crippen LogP contribution is 2.36. The molecular formula is C23H28N4O2. The Kier molecular flexibility index (Phi) is 5.26. The van der Waals surface area contributed by atoms with Crippen molar-refractivity contribution >= 4 is 11.2 Å². The van der Waals surface area contributed by atoms with Crippen LogP contribution in [0.4, 0.5) is 5.69 Å². The lowest BCUT2D eigenvalue weighted by Gasteiger charge is -2.36. The summed E-state index contributed by atoms with van der Waals surface area (Å²) in [5, 5.41) is 4.21. The fraction of sp³-hybridized carbons (Fsp3) is 0.435. The zero-order valence-electron chi connectivity index (χ0n) is 16.8. The zero-order chi connectivity index (χ0) is 19.5. The molecule has 1 aromatic carbocycles. The zero-order valence-corrected chi connectivity index (χ0v) is 16.8. The summed E-state index contributed by atoms with van der Waals surface area (Å²) in [6, 6.07) is 12.6. The summed E-state index contributed by atoms with van der Waals surface area (Å²) in [6.45, 7) is 7.10. The molecule has 3 aromatic rings. The molecular weight excluding hydrogens is 364 g/mol. The number of hydrogen-bond donors (Lipinski definition) is 0. The van der Waals surface area contributed by atoms with E-state index in [-0.39, 0.29) is 0 Å². The second-order valence-corrected chi connectivity index (χ2v) is 7.81. The number of nitrogens with zero attached hydrogens (tertiary/aromatic N) is 4. The van der Waals surface area contributed by atoms with E-state index in [0.29, 0.717) is 0 Å². The number of benzene rings is 1. The first kappa shape index (κ1) is 18.3. The van der Waals surface area contributed by atoms with Crippen LogP contribution in [0.5, 0.6) is 11.5 Å². The van der Waals surface area contributed by atoms with Crippen LogP contribution in [-0.2, 0) is 6.42 Å². The van der Waals surface area contributed by atoms with E-state index in [1.54, 1.807) is 6.20 Å². The topological polar surface area (TPSA) is 42.2 Å². The number of para-hydroxylation sites is 1. The van der Waals surface area contributed by atoms with E-state index in [4.69, 9.17) is 9.47 Å². The molecule has 0 radical (unpaired) electrons. The summed E-state index contributed by atoms with van der Waals surface area (Å²) >= 11 is 0. The van der Waals surface area contributed by atoms with Gasteiger partial charge in [0.2, 0.25) is 0 Å². The molecule has 2 aromatic heterocycles. The van der Waals surface area contributed by atoms with Crippen molar-refractivity contribution in [3.05, 3.63) is 54.4 Å². The quantitative estimate of drug-likeness (QED) is 0.578. The van der Waals surface area contributed by atoms with Crippen molar-refractivity contribution in [1.29, 1.82) is 0 Å². The Bertz CT molecular complexity index is 962. The monoisotopic (exact) mass is 392 g/mol. The lowest BCUT2D eigenvalue weighted by Crippen LogP contribution is -2.46. The highest BCUT2D eigenvalue weighted by atomic mass is 16.5. The minimum Gasteiger partial charge on any atom is -0.493 e. The average Bonchev–Trinajstić information content (AvgIpc) is 3.42. The first-order chi connectivity index (χ1) is 14.4. The maximum atomic E-state index is 5.91. The average molecular weight is 393 g/mol. The number of pyridine rings is 1. The van der Waals surface area contributed by atoms with Gasteiger partial charge in [-0.25, -0.2) is 4.52 Å². The van der Waals surface area contributed by atoms with Gasteiger partial charge in [0.15, 0.2) is 0 Å². The third-order valence-corrected chi connectivity index (χ3v) is 5.92. The van der Waals surface area contributed by atoms with Crippen LogP contribution < -0.4 is 14.4 Å². The van der Waals surface area contributed by atoms with E-state index in [1.807, 2.05) is 28.9 Å². The van der Waals surface area contributed by atoms with E-state index in [2.05, 4.69) is 33.1 Å². The van der Waals surface area contributed by atoms with Crippen LogP contribution in [0.2, 0.25) is 0 Å². The van der Waals surface area contributed by atoms with E-state index in [1.165, 1.54) is 17.7 Å². The standard InChI is InChI=1S/C23H28N4O2/c1(2-16-28-21-7-11-27-20(18-21)6-9-24-27)10-25-12-14-26(15-13-25)22-5-3-4-19-8-17-29-23(19)22/h3-7,9,11,18H,1-2,8,10,12-17H2. The molecule has 152 valence electrons. The Labute approximate surface area is 171 Å². The van der Waals surface area contributed by atoms with Gasteiger partial charge in [-0.2, -0.15) is 5.10 Å². The largest absolute Gasteiger partial charge is 0.493 e. The van der Waals surface area contributed by atoms with Crippen LogP contribution >= 0.6 is 0 Å². The van der Waals surface area contributed by atoms with E-state index >= 15 is 0 Å². The minimum absolute atomic E-state index is 0.762. The minimum atomic E-state index is 0.762. The van der Waals surface area contributed by atoms with Gasteiger partial charge < -0.3 is 14.4 Å². The third-order valence-electron chi connectivity index (χ3n) is 5.92. The predicted octanol–water partition coefficient (Wildman–Crippen LogP) is 3.25. The second-order valence-electron chi connectivity index (χ2n) is 7.81. The Hall–Kier alpha value is -2.73. The Morgan fingerprint density at radius 2 is 1.97 bits per heavy atom. The molecule has 0 atom stereocenters. The Balaban J connectivity index is 1.03. The summed E-state index contributed by atoms with van der Waals surface area (Å²) in [4.78, 5) is 5.05. The number of ether oxygens (including phenoxy) is 2. The molecule has 29 heavy (non-hydrogen) atoms. The number of aromatic nitrogens is 2. The first-order valence-electron chi connectivity index (χ1n) is 10.6. The van der Waals surface area contributed by atoms with Crippen LogP contribution in [0.25, 0.3) is 5.52 Å². The highest BCUT2D eigenvalue weighted by molar-refractivity contribution is 5.63. The Morgan fingerprint density at radius 3 is 2.90 bits per heavy atom. The molecule has 0 spiro atoms. The van der Waals surface area contributed by atoms with Gasteiger partial charge in [-0.15, -0.1) is 0 Å². The molecule has 0 aliphatic carbocycles. The van der Waals surface area contributed by atoms with Crippen molar-refractivity contribution in [1.82, 2.24) is 14.5 Å². The van der Waals surface area contributed by atoms with Crippen LogP contribution in [0.15, 0.2) is 48.8 Å². The number of unbranched alkanes of at least 4 members (excludes halogenated alkanes) is 1. The molecule has 0 amide bonds. The highest BCUT2D eigenvalue weighted by Gasteiger charge is 2.23. The number of fused-ring (bicyclic) bond motifs is 2. The summed E-state index contributed by atoms with van der Waals surface area (Å²) in [5.41, 5.74) is 3.70. The van der Waals surface area contributed by atoms with Gasteiger partial charge in [0.25, 0.3) is 0 Å². The molecule has 4 heterocycles. The fourth-order valence-electron chi connectivity index (χ4n) is 4.28. The molecule has 0 saturated carbocycles. The maximum Gasteiger partial charge on any atom is 0.145 e. The van der Waals surface area contributed by atoms with E-state index in [0.717, 1.165) is 75.8 Å². The maximum absolute atomic E-state index is 5.91. The van der Waals surface area contributed by atoms with Crippen molar-refractivity contribution in [2.24, 2.45) is 0 Å². The van der Waals surface area contributed by atoms with Gasteiger partial charge in [-0.1, -0.05) is 12.1 Å². The van der Waals surface area contributed by atoms with E-state index in [9.17, 15) is 0 Å². The molecule has 6 nitrogen and oxygen atoms in total. The van der Waals surface area contributed by atoms with Crippen molar-refractivity contribution in [3.8, 4) is 11.5 Å². The van der Waals surface area contributed by atoms with Crippen molar-refractivity contribution in [3.63, 3.8) is 0 Å². The lowest BCUT2D eigenvalue weighted by atomic mass is 10.1. The number of anilines is 1. The van der Waals surface area contributed by atoms with Gasteiger partial charge in [-0.05, 0) is 43.1 Å². The SMILES string of the molecule is c1cc2c(c(N3CCN(CCCCOc4ccn5nccc5c4)CC3)c1)OCC2. The second kappa shape index (κ2) is 8.33. The van der Waals surface area contributed by atoms with Crippen LogP contribution in [-0.4, -0.2) is 60.5 Å². The third kappa shape index (κ3) is 4.03. The van der Waals surface area contributed by atoms with Gasteiger partial charge in [0.1, 0.15) is 11.5 Å². The lowest BCUT2D eigenvalue weighted by molar-refractivity contribution is 0.238. The molecule has 0 N–H and O–H groups in total. The normalized spacial score (nSPS) is 16.8. The first-order valence-corrected chi connectivity index (χ1v) is 10.6. The van der Waals surface area contributed by atoms with Gasteiger partial charge in [0.05, 0.1) is 24.4 Å². The van der Waals surface area contributed by atoms with Crippen molar-refractivity contribution < 1.29 is 9.47 Å². The van der Waals surface area contributed by atoms with Crippen molar-refractivity contribution in [2.75, 3.05) is 50.8 Å². The molecule has 0 bridgehead atoms. The molecule has 2 aliphatic heterocycles. The Morgan fingerprint density at radius 1 is 1.03 bits per heavy atom. The molecule has 1 fully saturated rings. The number of rotatable bonds is 7. The van der Waals surface area contributed by atoms with Crippen molar-refractivity contribution in [2.45, 2.75) is 19.3 Å². The van der Waals surface area contributed by atoms with E-state index < -0.39 is 0 Å². The predicted molar refractivity (Wildman–Crippen MR) is 114 cm³/mol. The number of piperazine rings is 1. The molecule has 6 heteroatoms. The van der Waals surface area contributed by atoms with Gasteiger partial charge >= 0.3 is 0 Å². The van der Waals surface area contributed by atoms with Gasteiger partial charge in [-0.3, -0.25) is 4.90 Å². The van der Waals surface area contributed by atoms with Gasteiger partial charge in [0, 0.05) is 51.1 Å². The number of hydrogen-bond acceptors (Lipinski definition) is 5. The summed E-state index contributed by atoms with van der Waals surface area (Å²) in [6.07, 6.45) is 7.03. The molecule has 1 saturated heterocycles. The summed E-state index contributed by atoms with van der Waals surface area (Å²) in [7, 11) is 0. The molecule has 5 rings (SSSR count). The van der Waals surface area contributed by atoms with Crippen LogP contribution in [0.1, 0.15) is 18.4 Å². The van der Waals surface area contributed by atoms with Crippen LogP contribution in [0.3, 0.4) is 0 Å².